The summed E-state index contributed by atoms with van der Waals surface area (Å²) < 4.78 is 11.6. The first-order chi connectivity index (χ1) is 12.4. The Balaban J connectivity index is 1.85. The lowest BCUT2D eigenvalue weighted by molar-refractivity contribution is -0.128. The minimum atomic E-state index is -0.572. The van der Waals surface area contributed by atoms with Crippen molar-refractivity contribution < 1.29 is 14.3 Å². The van der Waals surface area contributed by atoms with Crippen LogP contribution in [-0.2, 0) is 4.79 Å². The van der Waals surface area contributed by atoms with Gasteiger partial charge in [-0.1, -0.05) is 49.7 Å². The highest BCUT2D eigenvalue weighted by atomic mass is 16.5. The van der Waals surface area contributed by atoms with E-state index in [-0.39, 0.29) is 11.9 Å². The number of benzene rings is 2. The first kappa shape index (κ1) is 19.8. The van der Waals surface area contributed by atoms with E-state index >= 15 is 0 Å². The van der Waals surface area contributed by atoms with Gasteiger partial charge in [0.2, 0.25) is 0 Å². The van der Waals surface area contributed by atoms with Crippen molar-refractivity contribution in [3.8, 4) is 11.5 Å². The van der Waals surface area contributed by atoms with Crippen molar-refractivity contribution in [2.75, 3.05) is 6.61 Å². The average Bonchev–Trinajstić information content (AvgIpc) is 2.61. The zero-order valence-electron chi connectivity index (χ0n) is 16.3. The van der Waals surface area contributed by atoms with Crippen LogP contribution in [0.1, 0.15) is 44.7 Å². The second-order valence-corrected chi connectivity index (χ2v) is 6.99. The fourth-order valence-electron chi connectivity index (χ4n) is 2.57. The van der Waals surface area contributed by atoms with Crippen LogP contribution < -0.4 is 14.8 Å². The molecule has 26 heavy (non-hydrogen) atoms. The Morgan fingerprint density at radius 2 is 1.65 bits per heavy atom. The monoisotopic (exact) mass is 355 g/mol. The summed E-state index contributed by atoms with van der Waals surface area (Å²) in [4.78, 5) is 12.4. The molecule has 0 heterocycles. The molecule has 0 aliphatic heterocycles. The molecule has 0 aliphatic rings. The van der Waals surface area contributed by atoms with Gasteiger partial charge in [0.15, 0.2) is 6.10 Å². The highest BCUT2D eigenvalue weighted by Gasteiger charge is 2.19. The van der Waals surface area contributed by atoms with Crippen molar-refractivity contribution in [1.82, 2.24) is 5.32 Å². The first-order valence-electron chi connectivity index (χ1n) is 9.12. The van der Waals surface area contributed by atoms with Gasteiger partial charge in [0.25, 0.3) is 5.91 Å². The Bertz CT molecular complexity index is 710. The lowest BCUT2D eigenvalue weighted by Gasteiger charge is -2.21. The van der Waals surface area contributed by atoms with Crippen molar-refractivity contribution in [1.29, 1.82) is 0 Å². The molecule has 1 amide bonds. The Hall–Kier alpha value is -2.49. The van der Waals surface area contributed by atoms with Gasteiger partial charge >= 0.3 is 0 Å². The van der Waals surface area contributed by atoms with Crippen molar-refractivity contribution in [2.45, 2.75) is 52.7 Å². The molecule has 0 saturated heterocycles. The first-order valence-corrected chi connectivity index (χ1v) is 9.12. The van der Waals surface area contributed by atoms with E-state index in [1.807, 2.05) is 62.4 Å². The SMILES string of the molecule is Cc1ccc(OC[C@@H](C)NC(=O)[C@@H](C)Oc2ccccc2C(C)C)cc1. The molecule has 0 saturated carbocycles. The Kier molecular flexibility index (Phi) is 7.07. The molecule has 4 nitrogen and oxygen atoms in total. The van der Waals surface area contributed by atoms with E-state index in [2.05, 4.69) is 19.2 Å². The summed E-state index contributed by atoms with van der Waals surface area (Å²) in [6.45, 7) is 10.3. The molecule has 0 aromatic heterocycles. The second kappa shape index (κ2) is 9.27. The van der Waals surface area contributed by atoms with Crippen LogP contribution in [0.4, 0.5) is 0 Å². The summed E-state index contributed by atoms with van der Waals surface area (Å²) in [7, 11) is 0. The van der Waals surface area contributed by atoms with Crippen LogP contribution in [0, 0.1) is 6.92 Å². The lowest BCUT2D eigenvalue weighted by Crippen LogP contribution is -2.43. The second-order valence-electron chi connectivity index (χ2n) is 6.99. The number of hydrogen-bond donors (Lipinski definition) is 1. The normalized spacial score (nSPS) is 13.2. The predicted molar refractivity (Wildman–Crippen MR) is 105 cm³/mol. The molecule has 140 valence electrons. The Morgan fingerprint density at radius 1 is 1.00 bits per heavy atom. The summed E-state index contributed by atoms with van der Waals surface area (Å²) in [5.74, 6) is 1.74. The van der Waals surface area contributed by atoms with Crippen LogP contribution in [0.25, 0.3) is 0 Å². The van der Waals surface area contributed by atoms with Gasteiger partial charge in [-0.3, -0.25) is 4.79 Å². The van der Waals surface area contributed by atoms with E-state index in [4.69, 9.17) is 9.47 Å². The quantitative estimate of drug-likeness (QED) is 0.760. The van der Waals surface area contributed by atoms with Gasteiger partial charge in [0.05, 0.1) is 6.04 Å². The van der Waals surface area contributed by atoms with Crippen LogP contribution in [0.3, 0.4) is 0 Å². The molecule has 2 rings (SSSR count). The molecule has 2 aromatic carbocycles. The van der Waals surface area contributed by atoms with Crippen molar-refractivity contribution >= 4 is 5.91 Å². The van der Waals surface area contributed by atoms with Gasteiger partial charge in [-0.2, -0.15) is 0 Å². The number of aryl methyl sites for hydroxylation is 1. The number of hydrogen-bond acceptors (Lipinski definition) is 3. The third kappa shape index (κ3) is 5.80. The zero-order valence-corrected chi connectivity index (χ0v) is 16.3. The lowest BCUT2D eigenvalue weighted by atomic mass is 10.0. The number of ether oxygens (including phenoxy) is 2. The Morgan fingerprint density at radius 3 is 2.31 bits per heavy atom. The molecule has 1 N–H and O–H groups in total. The van der Waals surface area contributed by atoms with E-state index in [0.717, 1.165) is 17.1 Å². The van der Waals surface area contributed by atoms with Crippen molar-refractivity contribution in [3.63, 3.8) is 0 Å². The summed E-state index contributed by atoms with van der Waals surface area (Å²) >= 11 is 0. The van der Waals surface area contributed by atoms with Crippen molar-refractivity contribution in [3.05, 3.63) is 59.7 Å². The minimum Gasteiger partial charge on any atom is -0.491 e. The van der Waals surface area contributed by atoms with E-state index < -0.39 is 6.10 Å². The van der Waals surface area contributed by atoms with Gasteiger partial charge in [-0.05, 0) is 50.5 Å². The van der Waals surface area contributed by atoms with E-state index in [9.17, 15) is 4.79 Å². The highest BCUT2D eigenvalue weighted by molar-refractivity contribution is 5.81. The number of amides is 1. The van der Waals surface area contributed by atoms with Crippen LogP contribution in [0.5, 0.6) is 11.5 Å². The van der Waals surface area contributed by atoms with Gasteiger partial charge in [0.1, 0.15) is 18.1 Å². The van der Waals surface area contributed by atoms with Gasteiger partial charge in [0, 0.05) is 0 Å². The zero-order chi connectivity index (χ0) is 19.1. The summed E-state index contributed by atoms with van der Waals surface area (Å²) in [5, 5.41) is 2.94. The van der Waals surface area contributed by atoms with E-state index in [1.54, 1.807) is 6.92 Å². The number of carbonyl (C=O) groups excluding carboxylic acids is 1. The largest absolute Gasteiger partial charge is 0.491 e. The van der Waals surface area contributed by atoms with Crippen LogP contribution in [0.2, 0.25) is 0 Å². The molecule has 0 radical (unpaired) electrons. The summed E-state index contributed by atoms with van der Waals surface area (Å²) in [6.07, 6.45) is -0.572. The number of nitrogens with one attached hydrogen (secondary N) is 1. The van der Waals surface area contributed by atoms with Crippen LogP contribution >= 0.6 is 0 Å². The third-order valence-electron chi connectivity index (χ3n) is 4.12. The maximum absolute atomic E-state index is 12.4. The molecule has 0 spiro atoms. The third-order valence-corrected chi connectivity index (χ3v) is 4.12. The predicted octanol–water partition coefficient (Wildman–Crippen LogP) is 4.47. The molecule has 2 atom stereocenters. The summed E-state index contributed by atoms with van der Waals surface area (Å²) in [5.41, 5.74) is 2.29. The molecular formula is C22H29NO3. The summed E-state index contributed by atoms with van der Waals surface area (Å²) in [6, 6.07) is 15.6. The van der Waals surface area contributed by atoms with Crippen LogP contribution in [-0.4, -0.2) is 24.7 Å². The van der Waals surface area contributed by atoms with E-state index in [0.29, 0.717) is 12.5 Å². The fraction of sp³-hybridized carbons (Fsp3) is 0.409. The number of para-hydroxylation sites is 1. The molecule has 2 aromatic rings. The minimum absolute atomic E-state index is 0.116. The molecule has 0 bridgehead atoms. The molecule has 0 fully saturated rings. The topological polar surface area (TPSA) is 47.6 Å². The van der Waals surface area contributed by atoms with Crippen LogP contribution in [0.15, 0.2) is 48.5 Å². The molecule has 0 unspecified atom stereocenters. The standard InChI is InChI=1S/C22H29NO3/c1-15(2)20-8-6-7-9-21(20)26-18(5)22(24)23-17(4)14-25-19-12-10-16(3)11-13-19/h6-13,15,17-18H,14H2,1-5H3,(H,23,24)/t17-,18-/m1/s1. The fourth-order valence-corrected chi connectivity index (χ4v) is 2.57. The molecule has 4 heteroatoms. The maximum Gasteiger partial charge on any atom is 0.261 e. The number of carbonyl (C=O) groups is 1. The number of rotatable bonds is 8. The average molecular weight is 355 g/mol. The Labute approximate surface area is 156 Å². The van der Waals surface area contributed by atoms with E-state index in [1.165, 1.54) is 5.56 Å². The smallest absolute Gasteiger partial charge is 0.261 e. The maximum atomic E-state index is 12.4. The van der Waals surface area contributed by atoms with Gasteiger partial charge in [-0.15, -0.1) is 0 Å². The molecular weight excluding hydrogens is 326 g/mol. The van der Waals surface area contributed by atoms with Gasteiger partial charge in [-0.25, -0.2) is 0 Å². The molecule has 0 aliphatic carbocycles. The van der Waals surface area contributed by atoms with Crippen molar-refractivity contribution in [2.24, 2.45) is 0 Å². The van der Waals surface area contributed by atoms with Gasteiger partial charge < -0.3 is 14.8 Å². The highest BCUT2D eigenvalue weighted by Crippen LogP contribution is 2.26.